The number of hydrogen-bond donors (Lipinski definition) is 1. The van der Waals surface area contributed by atoms with Crippen LogP contribution in [0.3, 0.4) is 0 Å². The van der Waals surface area contributed by atoms with Gasteiger partial charge < -0.3 is 10.1 Å². The predicted octanol–water partition coefficient (Wildman–Crippen LogP) is 1.06. The number of carbonyl (C=O) groups is 1. The molecule has 0 radical (unpaired) electrons. The Labute approximate surface area is 67.4 Å². The molecule has 3 heteroatoms. The van der Waals surface area contributed by atoms with Gasteiger partial charge in [0.25, 0.3) is 0 Å². The van der Waals surface area contributed by atoms with Crippen molar-refractivity contribution in [3.63, 3.8) is 0 Å². The molecular weight excluding hydrogens is 142 g/mol. The average Bonchev–Trinajstić information content (AvgIpc) is 1.79. The van der Waals surface area contributed by atoms with Gasteiger partial charge >= 0.3 is 5.97 Å². The number of ether oxygens (including phenoxy) is 1. The Morgan fingerprint density at radius 2 is 2.18 bits per heavy atom. The van der Waals surface area contributed by atoms with E-state index in [1.54, 1.807) is 0 Å². The van der Waals surface area contributed by atoms with Gasteiger partial charge in [0.1, 0.15) is 12.1 Å². The summed E-state index contributed by atoms with van der Waals surface area (Å²) in [4.78, 5) is 10.9. The van der Waals surface area contributed by atoms with E-state index >= 15 is 0 Å². The topological polar surface area (TPSA) is 38.3 Å². The molecular formula is C8H15NO2. The summed E-state index contributed by atoms with van der Waals surface area (Å²) in [5.74, 6) is -0.266. The van der Waals surface area contributed by atoms with Crippen LogP contribution in [-0.2, 0) is 9.53 Å². The van der Waals surface area contributed by atoms with E-state index in [2.05, 4.69) is 11.9 Å². The lowest BCUT2D eigenvalue weighted by Crippen LogP contribution is -2.29. The first-order valence-corrected chi connectivity index (χ1v) is 3.52. The Balaban J connectivity index is 3.61. The molecule has 0 spiro atoms. The first kappa shape index (κ1) is 10.0. The highest BCUT2D eigenvalue weighted by atomic mass is 16.6. The van der Waals surface area contributed by atoms with Gasteiger partial charge in [0.05, 0.1) is 0 Å². The van der Waals surface area contributed by atoms with Crippen LogP contribution in [0.2, 0.25) is 0 Å². The van der Waals surface area contributed by atoms with Crippen molar-refractivity contribution in [3.05, 3.63) is 12.8 Å². The fourth-order valence-electron chi connectivity index (χ4n) is 0.533. The molecule has 0 saturated heterocycles. The van der Waals surface area contributed by atoms with Crippen molar-refractivity contribution in [2.24, 2.45) is 0 Å². The molecule has 0 aromatic heterocycles. The number of esters is 1. The van der Waals surface area contributed by atoms with E-state index in [9.17, 15) is 4.79 Å². The zero-order chi connectivity index (χ0) is 8.91. The van der Waals surface area contributed by atoms with Crippen LogP contribution >= 0.6 is 0 Å². The normalized spacial score (nSPS) is 10.5. The Hall–Kier alpha value is -0.990. The second kappa shape index (κ2) is 4.01. The first-order chi connectivity index (χ1) is 4.95. The van der Waals surface area contributed by atoms with Gasteiger partial charge in [0.15, 0.2) is 0 Å². The third-order valence-electron chi connectivity index (χ3n) is 0.811. The van der Waals surface area contributed by atoms with E-state index in [0.717, 1.165) is 0 Å². The summed E-state index contributed by atoms with van der Waals surface area (Å²) >= 11 is 0. The van der Waals surface area contributed by atoms with Gasteiger partial charge in [-0.15, -0.1) is 0 Å². The van der Waals surface area contributed by atoms with Crippen molar-refractivity contribution in [1.82, 2.24) is 5.32 Å². The molecule has 11 heavy (non-hydrogen) atoms. The van der Waals surface area contributed by atoms with E-state index < -0.39 is 5.60 Å². The van der Waals surface area contributed by atoms with E-state index in [0.29, 0.717) is 0 Å². The molecule has 0 aliphatic heterocycles. The van der Waals surface area contributed by atoms with Gasteiger partial charge in [-0.1, -0.05) is 6.58 Å². The molecule has 0 atom stereocenters. The minimum Gasteiger partial charge on any atom is -0.459 e. The quantitative estimate of drug-likeness (QED) is 0.622. The number of rotatable bonds is 3. The van der Waals surface area contributed by atoms with Crippen molar-refractivity contribution >= 4 is 5.97 Å². The van der Waals surface area contributed by atoms with Crippen LogP contribution in [-0.4, -0.2) is 18.1 Å². The molecule has 64 valence electrons. The van der Waals surface area contributed by atoms with Crippen molar-refractivity contribution in [1.29, 1.82) is 0 Å². The molecule has 0 aliphatic rings. The van der Waals surface area contributed by atoms with E-state index in [1.165, 1.54) is 6.20 Å². The standard InChI is InChI=1S/C8H15NO2/c1-5-9-6-7(10)11-8(2,3)4/h5,9H,1,6H2,2-4H3. The third-order valence-corrected chi connectivity index (χ3v) is 0.811. The minimum absolute atomic E-state index is 0.181. The van der Waals surface area contributed by atoms with Crippen LogP contribution < -0.4 is 5.32 Å². The summed E-state index contributed by atoms with van der Waals surface area (Å²) in [5, 5.41) is 2.66. The molecule has 0 unspecified atom stereocenters. The monoisotopic (exact) mass is 157 g/mol. The molecule has 1 N–H and O–H groups in total. The fraction of sp³-hybridized carbons (Fsp3) is 0.625. The van der Waals surface area contributed by atoms with Crippen LogP contribution in [0.5, 0.6) is 0 Å². The van der Waals surface area contributed by atoms with Crippen molar-refractivity contribution in [3.8, 4) is 0 Å². The Morgan fingerprint density at radius 3 is 2.55 bits per heavy atom. The van der Waals surface area contributed by atoms with E-state index in [-0.39, 0.29) is 12.5 Å². The van der Waals surface area contributed by atoms with Crippen LogP contribution in [0.25, 0.3) is 0 Å². The van der Waals surface area contributed by atoms with Gasteiger partial charge in [-0.25, -0.2) is 0 Å². The summed E-state index contributed by atoms with van der Waals surface area (Å²) < 4.78 is 4.99. The highest BCUT2D eigenvalue weighted by Gasteiger charge is 2.14. The lowest BCUT2D eigenvalue weighted by molar-refractivity contribution is -0.153. The van der Waals surface area contributed by atoms with E-state index in [1.807, 2.05) is 20.8 Å². The Morgan fingerprint density at radius 1 is 1.64 bits per heavy atom. The lowest BCUT2D eigenvalue weighted by Gasteiger charge is -2.19. The van der Waals surface area contributed by atoms with Crippen LogP contribution in [0, 0.1) is 0 Å². The second-order valence-corrected chi connectivity index (χ2v) is 3.17. The van der Waals surface area contributed by atoms with Crippen LogP contribution in [0.1, 0.15) is 20.8 Å². The van der Waals surface area contributed by atoms with Gasteiger partial charge in [-0.2, -0.15) is 0 Å². The summed E-state index contributed by atoms with van der Waals surface area (Å²) in [6.45, 7) is 9.09. The maximum absolute atomic E-state index is 10.9. The first-order valence-electron chi connectivity index (χ1n) is 3.52. The summed E-state index contributed by atoms with van der Waals surface area (Å²) in [6.07, 6.45) is 1.46. The van der Waals surface area contributed by atoms with Crippen molar-refractivity contribution in [2.75, 3.05) is 6.54 Å². The molecule has 0 bridgehead atoms. The number of carbonyl (C=O) groups excluding carboxylic acids is 1. The maximum Gasteiger partial charge on any atom is 0.325 e. The minimum atomic E-state index is -0.403. The predicted molar refractivity (Wildman–Crippen MR) is 44.0 cm³/mol. The lowest BCUT2D eigenvalue weighted by atomic mass is 10.2. The molecule has 0 heterocycles. The molecule has 0 amide bonds. The SMILES string of the molecule is C=CNCC(=O)OC(C)(C)C. The molecule has 0 fully saturated rings. The average molecular weight is 157 g/mol. The summed E-state index contributed by atoms with van der Waals surface area (Å²) in [6, 6.07) is 0. The van der Waals surface area contributed by atoms with Crippen LogP contribution in [0.4, 0.5) is 0 Å². The molecule has 0 aliphatic carbocycles. The Kier molecular flexibility index (Phi) is 3.65. The van der Waals surface area contributed by atoms with Gasteiger partial charge in [0.2, 0.25) is 0 Å². The highest BCUT2D eigenvalue weighted by molar-refractivity contribution is 5.72. The van der Waals surface area contributed by atoms with Crippen molar-refractivity contribution < 1.29 is 9.53 Å². The summed E-state index contributed by atoms with van der Waals surface area (Å²) in [7, 11) is 0. The molecule has 3 nitrogen and oxygen atoms in total. The third kappa shape index (κ3) is 6.90. The number of hydrogen-bond acceptors (Lipinski definition) is 3. The summed E-state index contributed by atoms with van der Waals surface area (Å²) in [5.41, 5.74) is -0.403. The number of nitrogens with one attached hydrogen (secondary N) is 1. The largest absolute Gasteiger partial charge is 0.459 e. The maximum atomic E-state index is 10.9. The molecule has 0 aromatic rings. The molecule has 0 rings (SSSR count). The fourth-order valence-corrected chi connectivity index (χ4v) is 0.533. The van der Waals surface area contributed by atoms with Gasteiger partial charge in [-0.3, -0.25) is 4.79 Å². The molecule has 0 aromatic carbocycles. The van der Waals surface area contributed by atoms with E-state index in [4.69, 9.17) is 4.74 Å². The van der Waals surface area contributed by atoms with Crippen molar-refractivity contribution in [2.45, 2.75) is 26.4 Å². The van der Waals surface area contributed by atoms with Crippen LogP contribution in [0.15, 0.2) is 12.8 Å². The van der Waals surface area contributed by atoms with Gasteiger partial charge in [-0.05, 0) is 27.0 Å². The second-order valence-electron chi connectivity index (χ2n) is 3.17. The van der Waals surface area contributed by atoms with Gasteiger partial charge in [0, 0.05) is 0 Å². The zero-order valence-electron chi connectivity index (χ0n) is 7.31. The smallest absolute Gasteiger partial charge is 0.325 e. The Bertz CT molecular complexity index is 147. The molecule has 0 saturated carbocycles. The zero-order valence-corrected chi connectivity index (χ0v) is 7.31. The highest BCUT2D eigenvalue weighted by Crippen LogP contribution is 2.05.